The number of aliphatic hydroxyl groups is 3. The van der Waals surface area contributed by atoms with Gasteiger partial charge in [0.25, 0.3) is 5.91 Å². The van der Waals surface area contributed by atoms with E-state index in [9.17, 15) is 34.1 Å². The molecule has 1 aliphatic heterocycles. The molecule has 2 aromatic rings. The van der Waals surface area contributed by atoms with Crippen molar-refractivity contribution in [2.45, 2.75) is 44.1 Å². The molecule has 0 aliphatic carbocycles. The fraction of sp³-hybridized carbons (Fsp3) is 0.444. The van der Waals surface area contributed by atoms with Crippen molar-refractivity contribution in [3.63, 3.8) is 0 Å². The van der Waals surface area contributed by atoms with Crippen LogP contribution in [0.2, 0.25) is 0 Å². The highest BCUT2D eigenvalue weighted by Crippen LogP contribution is 2.28. The highest BCUT2D eigenvalue weighted by Gasteiger charge is 2.45. The number of halogens is 1. The van der Waals surface area contributed by atoms with Crippen LogP contribution in [0.5, 0.6) is 5.75 Å². The third kappa shape index (κ3) is 8.04. The van der Waals surface area contributed by atoms with E-state index in [1.807, 2.05) is 0 Å². The molecule has 212 valence electrons. The maximum Gasteiger partial charge on any atom is 0.337 e. The van der Waals surface area contributed by atoms with Crippen LogP contribution in [0.3, 0.4) is 0 Å². The molecule has 39 heavy (non-hydrogen) atoms. The van der Waals surface area contributed by atoms with Gasteiger partial charge < -0.3 is 39.6 Å². The Kier molecular flexibility index (Phi) is 10.9. The summed E-state index contributed by atoms with van der Waals surface area (Å²) in [6.07, 6.45) is -7.34. The molecule has 11 nitrogen and oxygen atoms in total. The SMILES string of the molecule is COC(=O)c1cc(C(=O)NCCOCCC(C)=O)cc(-c2ccc(O[C@H]3O[C@H](CF)[C@@H](O)[C@H](O)[C@@H]3O)cc2)c1. The lowest BCUT2D eigenvalue weighted by atomic mass is 9.99. The second kappa shape index (κ2) is 14.1. The number of nitrogens with one attached hydrogen (secondary N) is 1. The molecule has 2 aromatic carbocycles. The van der Waals surface area contributed by atoms with E-state index in [0.717, 1.165) is 0 Å². The number of hydrogen-bond acceptors (Lipinski definition) is 10. The number of ketones is 1. The maximum atomic E-state index is 13.1. The van der Waals surface area contributed by atoms with Gasteiger partial charge in [-0.25, -0.2) is 9.18 Å². The summed E-state index contributed by atoms with van der Waals surface area (Å²) in [5.74, 6) is -0.848. The Labute approximate surface area is 224 Å². The van der Waals surface area contributed by atoms with Crippen LogP contribution in [0.15, 0.2) is 42.5 Å². The number of rotatable bonds is 12. The topological polar surface area (TPSA) is 161 Å². The number of carbonyl (C=O) groups excluding carboxylic acids is 3. The lowest BCUT2D eigenvalue weighted by Gasteiger charge is -2.39. The zero-order chi connectivity index (χ0) is 28.5. The van der Waals surface area contributed by atoms with Crippen LogP contribution in [0.1, 0.15) is 34.1 Å². The Balaban J connectivity index is 1.72. The van der Waals surface area contributed by atoms with E-state index in [0.29, 0.717) is 17.5 Å². The van der Waals surface area contributed by atoms with Crippen LogP contribution in [0, 0.1) is 0 Å². The van der Waals surface area contributed by atoms with Crippen molar-refractivity contribution in [1.29, 1.82) is 0 Å². The van der Waals surface area contributed by atoms with Crippen LogP contribution < -0.4 is 10.1 Å². The number of amides is 1. The molecule has 12 heteroatoms. The third-order valence-corrected chi connectivity index (χ3v) is 6.01. The molecule has 0 saturated carbocycles. The number of ether oxygens (including phenoxy) is 4. The minimum Gasteiger partial charge on any atom is -0.465 e. The van der Waals surface area contributed by atoms with Gasteiger partial charge >= 0.3 is 5.97 Å². The fourth-order valence-corrected chi connectivity index (χ4v) is 3.82. The zero-order valence-corrected chi connectivity index (χ0v) is 21.5. The van der Waals surface area contributed by atoms with E-state index in [4.69, 9.17) is 18.9 Å². The summed E-state index contributed by atoms with van der Waals surface area (Å²) >= 11 is 0. The zero-order valence-electron chi connectivity index (χ0n) is 21.5. The number of Topliss-reactive ketones (excluding diaryl/α,β-unsaturated/α-hetero) is 1. The number of alkyl halides is 1. The number of esters is 1. The van der Waals surface area contributed by atoms with Gasteiger partial charge in [0.05, 0.1) is 25.9 Å². The first-order valence-corrected chi connectivity index (χ1v) is 12.3. The molecule has 0 bridgehead atoms. The number of benzene rings is 2. The van der Waals surface area contributed by atoms with Gasteiger partial charge in [-0.2, -0.15) is 0 Å². The predicted octanol–water partition coefficient (Wildman–Crippen LogP) is 1.02. The highest BCUT2D eigenvalue weighted by molar-refractivity contribution is 5.99. The summed E-state index contributed by atoms with van der Waals surface area (Å²) < 4.78 is 34.0. The van der Waals surface area contributed by atoms with E-state index in [1.165, 1.54) is 32.2 Å². The second-order valence-electron chi connectivity index (χ2n) is 8.92. The lowest BCUT2D eigenvalue weighted by molar-refractivity contribution is -0.274. The Morgan fingerprint density at radius 3 is 2.28 bits per heavy atom. The molecular weight excluding hydrogens is 517 g/mol. The van der Waals surface area contributed by atoms with Gasteiger partial charge in [0.15, 0.2) is 0 Å². The van der Waals surface area contributed by atoms with E-state index in [2.05, 4.69) is 5.32 Å². The van der Waals surface area contributed by atoms with Crippen LogP contribution in [0.4, 0.5) is 4.39 Å². The van der Waals surface area contributed by atoms with Gasteiger partial charge in [-0.1, -0.05) is 12.1 Å². The van der Waals surface area contributed by atoms with Crippen LogP contribution >= 0.6 is 0 Å². The molecule has 4 N–H and O–H groups in total. The largest absolute Gasteiger partial charge is 0.465 e. The number of hydrogen-bond donors (Lipinski definition) is 4. The Morgan fingerprint density at radius 1 is 0.949 bits per heavy atom. The number of methoxy groups -OCH3 is 1. The smallest absolute Gasteiger partial charge is 0.337 e. The van der Waals surface area contributed by atoms with E-state index >= 15 is 0 Å². The van der Waals surface area contributed by atoms with Crippen molar-refractivity contribution >= 4 is 17.7 Å². The van der Waals surface area contributed by atoms with Crippen LogP contribution in [-0.4, -0.2) is 97.2 Å². The molecule has 0 aromatic heterocycles. The molecule has 0 unspecified atom stereocenters. The van der Waals surface area contributed by atoms with E-state index in [1.54, 1.807) is 24.3 Å². The summed E-state index contributed by atoms with van der Waals surface area (Å²) in [5, 5.41) is 32.6. The predicted molar refractivity (Wildman–Crippen MR) is 135 cm³/mol. The highest BCUT2D eigenvalue weighted by atomic mass is 19.1. The maximum absolute atomic E-state index is 13.1. The van der Waals surface area contributed by atoms with Gasteiger partial charge in [-0.15, -0.1) is 0 Å². The standard InChI is InChI=1S/C27H32FNO10/c1-15(30)7-9-37-10-8-29-25(34)18-11-17(12-19(13-18)26(35)36-2)16-3-5-20(6-4-16)38-27-24(33)23(32)22(31)21(14-28)39-27/h3-6,11-13,21-24,27,31-33H,7-10,14H2,1-2H3,(H,29,34)/t21-,22-,23+,24+,27+/m1/s1. The summed E-state index contributed by atoms with van der Waals surface area (Å²) in [4.78, 5) is 35.9. The monoisotopic (exact) mass is 549 g/mol. The van der Waals surface area contributed by atoms with Gasteiger partial charge in [0, 0.05) is 18.5 Å². The summed E-state index contributed by atoms with van der Waals surface area (Å²) in [7, 11) is 1.23. The Morgan fingerprint density at radius 2 is 1.64 bits per heavy atom. The van der Waals surface area contributed by atoms with Crippen molar-refractivity contribution in [2.75, 3.05) is 33.5 Å². The minimum atomic E-state index is -1.65. The van der Waals surface area contributed by atoms with Crippen molar-refractivity contribution in [1.82, 2.24) is 5.32 Å². The van der Waals surface area contributed by atoms with Crippen molar-refractivity contribution in [2.24, 2.45) is 0 Å². The molecule has 0 radical (unpaired) electrons. The first-order valence-electron chi connectivity index (χ1n) is 12.3. The van der Waals surface area contributed by atoms with Crippen molar-refractivity contribution in [3.8, 4) is 16.9 Å². The van der Waals surface area contributed by atoms with Crippen molar-refractivity contribution < 1.29 is 53.0 Å². The van der Waals surface area contributed by atoms with Gasteiger partial charge in [-0.3, -0.25) is 9.59 Å². The first-order chi connectivity index (χ1) is 18.6. The molecule has 1 aliphatic rings. The van der Waals surface area contributed by atoms with E-state index < -0.39 is 49.3 Å². The number of carbonyl (C=O) groups is 3. The van der Waals surface area contributed by atoms with Crippen molar-refractivity contribution in [3.05, 3.63) is 53.6 Å². The van der Waals surface area contributed by atoms with Gasteiger partial charge in [-0.05, 0) is 48.4 Å². The molecule has 5 atom stereocenters. The molecule has 1 heterocycles. The molecule has 1 fully saturated rings. The van der Waals surface area contributed by atoms with E-state index in [-0.39, 0.29) is 42.4 Å². The minimum absolute atomic E-state index is 0.00905. The van der Waals surface area contributed by atoms with Gasteiger partial charge in [0.2, 0.25) is 6.29 Å². The summed E-state index contributed by atoms with van der Waals surface area (Å²) in [6, 6.07) is 10.9. The quantitative estimate of drug-likeness (QED) is 0.222. The van der Waals surface area contributed by atoms with Gasteiger partial charge in [0.1, 0.15) is 42.6 Å². The Hall–Kier alpha value is -3.42. The average Bonchev–Trinajstić information content (AvgIpc) is 2.94. The molecule has 3 rings (SSSR count). The third-order valence-electron chi connectivity index (χ3n) is 6.01. The molecule has 1 saturated heterocycles. The Bertz CT molecular complexity index is 1140. The first kappa shape index (κ1) is 30.1. The molecule has 1 amide bonds. The summed E-state index contributed by atoms with van der Waals surface area (Å²) in [5.41, 5.74) is 1.50. The van der Waals surface area contributed by atoms with Crippen LogP contribution in [0.25, 0.3) is 11.1 Å². The normalized spacial score (nSPS) is 22.7. The fourth-order valence-electron chi connectivity index (χ4n) is 3.82. The lowest BCUT2D eigenvalue weighted by Crippen LogP contribution is -2.59. The second-order valence-corrected chi connectivity index (χ2v) is 8.92. The summed E-state index contributed by atoms with van der Waals surface area (Å²) in [6.45, 7) is 1.06. The van der Waals surface area contributed by atoms with Crippen LogP contribution in [-0.2, 0) is 19.0 Å². The average molecular weight is 550 g/mol. The number of aliphatic hydroxyl groups excluding tert-OH is 3. The molecule has 0 spiro atoms. The molecular formula is C27H32FNO10.